The number of rotatable bonds is 4. The Morgan fingerprint density at radius 2 is 1.90 bits per heavy atom. The summed E-state index contributed by atoms with van der Waals surface area (Å²) in [6.45, 7) is 1.69. The van der Waals surface area contributed by atoms with E-state index >= 15 is 0 Å². The Kier molecular flexibility index (Phi) is 4.13. The Labute approximate surface area is 124 Å². The molecule has 1 aliphatic rings. The molecule has 0 bridgehead atoms. The highest BCUT2D eigenvalue weighted by Crippen LogP contribution is 2.21. The first-order valence-corrected chi connectivity index (χ1v) is 7.18. The monoisotopic (exact) mass is 285 g/mol. The second-order valence-electron chi connectivity index (χ2n) is 5.32. The molecular formula is C16H19N3O2. The maximum absolute atomic E-state index is 10.4. The molecule has 5 nitrogen and oxygen atoms in total. The minimum Gasteiger partial charge on any atom is -0.388 e. The van der Waals surface area contributed by atoms with Gasteiger partial charge in [-0.15, -0.1) is 0 Å². The fraction of sp³-hybridized carbons (Fsp3) is 0.375. The number of aliphatic hydroxyl groups is 1. The van der Waals surface area contributed by atoms with E-state index in [1.54, 1.807) is 6.20 Å². The van der Waals surface area contributed by atoms with Crippen molar-refractivity contribution in [3.05, 3.63) is 42.6 Å². The first kappa shape index (κ1) is 14.0. The zero-order valence-electron chi connectivity index (χ0n) is 11.8. The molecule has 2 heterocycles. The Morgan fingerprint density at radius 1 is 1.14 bits per heavy atom. The van der Waals surface area contributed by atoms with Gasteiger partial charge in [-0.2, -0.15) is 0 Å². The number of nitrogens with one attached hydrogen (secondary N) is 1. The number of nitrogens with zero attached hydrogens (tertiary/aromatic N) is 2. The van der Waals surface area contributed by atoms with Crippen molar-refractivity contribution in [2.45, 2.75) is 18.4 Å². The molecule has 5 heteroatoms. The third-order valence-electron chi connectivity index (χ3n) is 3.71. The molecular weight excluding hydrogens is 266 g/mol. The topological polar surface area (TPSA) is 67.3 Å². The molecule has 0 saturated carbocycles. The highest BCUT2D eigenvalue weighted by Gasteiger charge is 2.29. The molecule has 21 heavy (non-hydrogen) atoms. The second-order valence-corrected chi connectivity index (χ2v) is 5.32. The standard InChI is InChI=1S/C16H19N3O2/c20-16(7-10-21-11-8-16)12-18-14-6-9-17-15(19-14)13-4-2-1-3-5-13/h1-6,9,20H,7-8,10-12H2,(H,17,18,19). The van der Waals surface area contributed by atoms with Crippen molar-refractivity contribution in [3.63, 3.8) is 0 Å². The molecule has 0 atom stereocenters. The lowest BCUT2D eigenvalue weighted by Gasteiger charge is -2.32. The zero-order chi connectivity index (χ0) is 14.5. The molecule has 0 amide bonds. The first-order valence-electron chi connectivity index (χ1n) is 7.18. The van der Waals surface area contributed by atoms with Crippen LogP contribution >= 0.6 is 0 Å². The summed E-state index contributed by atoms with van der Waals surface area (Å²) >= 11 is 0. The van der Waals surface area contributed by atoms with Gasteiger partial charge in [0.2, 0.25) is 0 Å². The van der Waals surface area contributed by atoms with E-state index in [1.165, 1.54) is 0 Å². The van der Waals surface area contributed by atoms with Crippen LogP contribution in [0.4, 0.5) is 5.82 Å². The summed E-state index contributed by atoms with van der Waals surface area (Å²) < 4.78 is 5.28. The van der Waals surface area contributed by atoms with Gasteiger partial charge in [-0.1, -0.05) is 30.3 Å². The van der Waals surface area contributed by atoms with Crippen molar-refractivity contribution in [1.29, 1.82) is 0 Å². The lowest BCUT2D eigenvalue weighted by Crippen LogP contribution is -2.42. The van der Waals surface area contributed by atoms with Crippen molar-refractivity contribution in [2.24, 2.45) is 0 Å². The number of hydrogen-bond acceptors (Lipinski definition) is 5. The van der Waals surface area contributed by atoms with Crippen molar-refractivity contribution < 1.29 is 9.84 Å². The number of benzene rings is 1. The summed E-state index contributed by atoms with van der Waals surface area (Å²) in [5.74, 6) is 1.41. The van der Waals surface area contributed by atoms with Crippen LogP contribution in [-0.4, -0.2) is 40.4 Å². The predicted molar refractivity (Wildman–Crippen MR) is 81.0 cm³/mol. The van der Waals surface area contributed by atoms with Crippen LogP contribution in [0.1, 0.15) is 12.8 Å². The first-order chi connectivity index (χ1) is 10.3. The van der Waals surface area contributed by atoms with Gasteiger partial charge in [-0.3, -0.25) is 0 Å². The summed E-state index contributed by atoms with van der Waals surface area (Å²) in [6.07, 6.45) is 3.03. The minimum atomic E-state index is -0.712. The van der Waals surface area contributed by atoms with Crippen molar-refractivity contribution >= 4 is 5.82 Å². The molecule has 1 saturated heterocycles. The molecule has 3 rings (SSSR count). The largest absolute Gasteiger partial charge is 0.388 e. The van der Waals surface area contributed by atoms with Crippen molar-refractivity contribution in [1.82, 2.24) is 9.97 Å². The van der Waals surface area contributed by atoms with Gasteiger partial charge in [0.05, 0.1) is 5.60 Å². The molecule has 1 fully saturated rings. The van der Waals surface area contributed by atoms with E-state index in [4.69, 9.17) is 4.74 Å². The van der Waals surface area contributed by atoms with Crippen molar-refractivity contribution in [2.75, 3.05) is 25.1 Å². The molecule has 2 aromatic rings. The van der Waals surface area contributed by atoms with Gasteiger partial charge in [-0.05, 0) is 6.07 Å². The van der Waals surface area contributed by atoms with Crippen LogP contribution in [0.5, 0.6) is 0 Å². The quantitative estimate of drug-likeness (QED) is 0.900. The molecule has 0 aliphatic carbocycles. The number of hydrogen-bond donors (Lipinski definition) is 2. The normalized spacial score (nSPS) is 17.4. The molecule has 1 aromatic carbocycles. The van der Waals surface area contributed by atoms with Gasteiger partial charge in [0.1, 0.15) is 5.82 Å². The summed E-state index contributed by atoms with van der Waals surface area (Å²) in [7, 11) is 0. The average molecular weight is 285 g/mol. The highest BCUT2D eigenvalue weighted by molar-refractivity contribution is 5.56. The molecule has 0 unspecified atom stereocenters. The van der Waals surface area contributed by atoms with E-state index in [-0.39, 0.29) is 0 Å². The van der Waals surface area contributed by atoms with E-state index in [0.717, 1.165) is 11.4 Å². The van der Waals surface area contributed by atoms with Gasteiger partial charge >= 0.3 is 0 Å². The Balaban J connectivity index is 1.69. The van der Waals surface area contributed by atoms with Crippen molar-refractivity contribution in [3.8, 4) is 11.4 Å². The van der Waals surface area contributed by atoms with Gasteiger partial charge < -0.3 is 15.2 Å². The van der Waals surface area contributed by atoms with E-state index in [9.17, 15) is 5.11 Å². The summed E-state index contributed by atoms with van der Waals surface area (Å²) in [4.78, 5) is 8.78. The Morgan fingerprint density at radius 3 is 2.67 bits per heavy atom. The molecule has 2 N–H and O–H groups in total. The SMILES string of the molecule is OC1(CNc2ccnc(-c3ccccc3)n2)CCOCC1. The average Bonchev–Trinajstić information content (AvgIpc) is 2.55. The van der Waals surface area contributed by atoms with Gasteiger partial charge in [0, 0.05) is 44.4 Å². The summed E-state index contributed by atoms with van der Waals surface area (Å²) in [6, 6.07) is 11.7. The molecule has 1 aromatic heterocycles. The number of anilines is 1. The zero-order valence-corrected chi connectivity index (χ0v) is 11.8. The molecule has 0 radical (unpaired) electrons. The molecule has 1 aliphatic heterocycles. The lowest BCUT2D eigenvalue weighted by atomic mass is 9.94. The fourth-order valence-corrected chi connectivity index (χ4v) is 2.37. The predicted octanol–water partition coefficient (Wildman–Crippen LogP) is 2.10. The third-order valence-corrected chi connectivity index (χ3v) is 3.71. The van der Waals surface area contributed by atoms with E-state index < -0.39 is 5.60 Å². The maximum Gasteiger partial charge on any atom is 0.161 e. The summed E-state index contributed by atoms with van der Waals surface area (Å²) in [5, 5.41) is 13.6. The van der Waals surface area contributed by atoms with Crippen LogP contribution in [0.3, 0.4) is 0 Å². The van der Waals surface area contributed by atoms with Gasteiger partial charge in [0.15, 0.2) is 5.82 Å². The number of ether oxygens (including phenoxy) is 1. The van der Waals surface area contributed by atoms with Crippen LogP contribution in [0.15, 0.2) is 42.6 Å². The number of aromatic nitrogens is 2. The van der Waals surface area contributed by atoms with E-state index in [1.807, 2.05) is 36.4 Å². The second kappa shape index (κ2) is 6.20. The lowest BCUT2D eigenvalue weighted by molar-refractivity contribution is -0.0543. The highest BCUT2D eigenvalue weighted by atomic mass is 16.5. The van der Waals surface area contributed by atoms with Gasteiger partial charge in [0.25, 0.3) is 0 Å². The van der Waals surface area contributed by atoms with Crippen LogP contribution in [0.25, 0.3) is 11.4 Å². The van der Waals surface area contributed by atoms with Gasteiger partial charge in [-0.25, -0.2) is 9.97 Å². The Bertz CT molecular complexity index is 583. The van der Waals surface area contributed by atoms with Crippen LogP contribution in [0.2, 0.25) is 0 Å². The van der Waals surface area contributed by atoms with Crippen LogP contribution in [-0.2, 0) is 4.74 Å². The van der Waals surface area contributed by atoms with Crippen LogP contribution < -0.4 is 5.32 Å². The van der Waals surface area contributed by atoms with E-state index in [2.05, 4.69) is 15.3 Å². The maximum atomic E-state index is 10.4. The minimum absolute atomic E-state index is 0.474. The van der Waals surface area contributed by atoms with E-state index in [0.29, 0.717) is 38.4 Å². The van der Waals surface area contributed by atoms with Crippen LogP contribution in [0, 0.1) is 0 Å². The smallest absolute Gasteiger partial charge is 0.161 e. The third kappa shape index (κ3) is 3.56. The fourth-order valence-electron chi connectivity index (χ4n) is 2.37. The summed E-state index contributed by atoms with van der Waals surface area (Å²) in [5.41, 5.74) is 0.266. The molecule has 110 valence electrons. The Hall–Kier alpha value is -1.98. The molecule has 0 spiro atoms.